The average molecular weight is 287 g/mol. The summed E-state index contributed by atoms with van der Waals surface area (Å²) in [6.07, 6.45) is 0. The highest BCUT2D eigenvalue weighted by atomic mass is 16.2. The van der Waals surface area contributed by atoms with E-state index in [1.165, 1.54) is 11.1 Å². The third-order valence-electron chi connectivity index (χ3n) is 3.82. The number of benzene rings is 1. The Balaban J connectivity index is 2.10. The van der Waals surface area contributed by atoms with Crippen molar-refractivity contribution in [1.29, 1.82) is 0 Å². The Morgan fingerprint density at radius 1 is 1.38 bits per heavy atom. The molecule has 1 fully saturated rings. The number of amides is 2. The SMILES string of the molecule is C[N+]#Cc1c(C)cc(C)c(NCCN2CCNC2=O)c1C. The van der Waals surface area contributed by atoms with Crippen molar-refractivity contribution in [2.75, 3.05) is 38.5 Å². The quantitative estimate of drug-likeness (QED) is 0.893. The van der Waals surface area contributed by atoms with Crippen LogP contribution < -0.4 is 10.6 Å². The molecule has 0 aromatic heterocycles. The molecule has 1 saturated heterocycles. The van der Waals surface area contributed by atoms with Crippen LogP contribution in [0.5, 0.6) is 0 Å². The number of hydrogen-bond acceptors (Lipinski definition) is 2. The van der Waals surface area contributed by atoms with E-state index in [4.69, 9.17) is 0 Å². The molecule has 0 saturated carbocycles. The zero-order valence-corrected chi connectivity index (χ0v) is 13.2. The smallest absolute Gasteiger partial charge is 0.317 e. The van der Waals surface area contributed by atoms with Crippen LogP contribution in [0.25, 0.3) is 4.85 Å². The second-order valence-electron chi connectivity index (χ2n) is 5.37. The van der Waals surface area contributed by atoms with Gasteiger partial charge in [-0.2, -0.15) is 0 Å². The van der Waals surface area contributed by atoms with Gasteiger partial charge in [0.05, 0.1) is 0 Å². The van der Waals surface area contributed by atoms with Gasteiger partial charge in [-0.3, -0.25) is 0 Å². The van der Waals surface area contributed by atoms with E-state index < -0.39 is 0 Å². The Morgan fingerprint density at radius 3 is 2.76 bits per heavy atom. The van der Waals surface area contributed by atoms with E-state index in [-0.39, 0.29) is 6.03 Å². The largest absolute Gasteiger partial charge is 0.383 e. The summed E-state index contributed by atoms with van der Waals surface area (Å²) < 4.78 is 0. The molecule has 1 aliphatic rings. The van der Waals surface area contributed by atoms with Crippen molar-refractivity contribution in [3.8, 4) is 6.07 Å². The predicted octanol–water partition coefficient (Wildman–Crippen LogP) is 2.36. The topological polar surface area (TPSA) is 48.7 Å². The molecule has 21 heavy (non-hydrogen) atoms. The number of aryl methyl sites for hydroxylation is 2. The minimum atomic E-state index is 0.0290. The van der Waals surface area contributed by atoms with Gasteiger partial charge in [0.15, 0.2) is 0 Å². The molecule has 0 unspecified atom stereocenters. The molecule has 0 aliphatic carbocycles. The van der Waals surface area contributed by atoms with Crippen LogP contribution in [0.4, 0.5) is 10.5 Å². The van der Waals surface area contributed by atoms with Crippen LogP contribution in [0, 0.1) is 26.8 Å². The highest BCUT2D eigenvalue weighted by molar-refractivity contribution is 5.76. The summed E-state index contributed by atoms with van der Waals surface area (Å²) in [6, 6.07) is 5.23. The summed E-state index contributed by atoms with van der Waals surface area (Å²) in [4.78, 5) is 17.3. The van der Waals surface area contributed by atoms with E-state index in [0.29, 0.717) is 6.54 Å². The third-order valence-corrected chi connectivity index (χ3v) is 3.82. The van der Waals surface area contributed by atoms with Crippen molar-refractivity contribution in [2.24, 2.45) is 0 Å². The molecule has 2 N–H and O–H groups in total. The van der Waals surface area contributed by atoms with Gasteiger partial charge in [0.2, 0.25) is 0 Å². The molecule has 1 heterocycles. The Kier molecular flexibility index (Phi) is 4.69. The zero-order chi connectivity index (χ0) is 15.4. The molecule has 0 bridgehead atoms. The van der Waals surface area contributed by atoms with Gasteiger partial charge >= 0.3 is 12.1 Å². The van der Waals surface area contributed by atoms with E-state index in [1.807, 2.05) is 4.90 Å². The van der Waals surface area contributed by atoms with Crippen LogP contribution in [-0.4, -0.2) is 44.2 Å². The lowest BCUT2D eigenvalue weighted by molar-refractivity contribution is 0.219. The Bertz CT molecular complexity index is 613. The Hall–Kier alpha value is -2.22. The van der Waals surface area contributed by atoms with Crippen molar-refractivity contribution < 1.29 is 4.79 Å². The minimum absolute atomic E-state index is 0.0290. The fraction of sp³-hybridized carbons (Fsp3) is 0.500. The lowest BCUT2D eigenvalue weighted by atomic mass is 9.98. The van der Waals surface area contributed by atoms with Gasteiger partial charge in [0.25, 0.3) is 7.05 Å². The molecule has 0 radical (unpaired) electrons. The van der Waals surface area contributed by atoms with Crippen molar-refractivity contribution in [1.82, 2.24) is 10.2 Å². The number of hydrogen-bond donors (Lipinski definition) is 2. The van der Waals surface area contributed by atoms with Crippen molar-refractivity contribution in [3.63, 3.8) is 0 Å². The summed E-state index contributed by atoms with van der Waals surface area (Å²) in [6.45, 7) is 9.23. The van der Waals surface area contributed by atoms with Gasteiger partial charge in [-0.1, -0.05) is 10.9 Å². The van der Waals surface area contributed by atoms with Crippen LogP contribution in [0.15, 0.2) is 6.07 Å². The summed E-state index contributed by atoms with van der Waals surface area (Å²) >= 11 is 0. The van der Waals surface area contributed by atoms with Gasteiger partial charge in [0, 0.05) is 31.9 Å². The minimum Gasteiger partial charge on any atom is -0.383 e. The molecule has 5 heteroatoms. The van der Waals surface area contributed by atoms with Gasteiger partial charge in [0.1, 0.15) is 5.56 Å². The Labute approximate surface area is 126 Å². The number of carbonyl (C=O) groups excluding carboxylic acids is 1. The monoisotopic (exact) mass is 287 g/mol. The van der Waals surface area contributed by atoms with Gasteiger partial charge in [-0.25, -0.2) is 4.79 Å². The third kappa shape index (κ3) is 3.27. The van der Waals surface area contributed by atoms with E-state index in [9.17, 15) is 4.79 Å². The molecule has 1 aliphatic heterocycles. The van der Waals surface area contributed by atoms with Crippen LogP contribution in [0.2, 0.25) is 0 Å². The zero-order valence-electron chi connectivity index (χ0n) is 13.2. The van der Waals surface area contributed by atoms with E-state index in [2.05, 4.69) is 48.4 Å². The maximum Gasteiger partial charge on any atom is 0.317 e. The van der Waals surface area contributed by atoms with Crippen molar-refractivity contribution >= 4 is 11.7 Å². The number of urea groups is 1. The first-order valence-electron chi connectivity index (χ1n) is 7.27. The van der Waals surface area contributed by atoms with E-state index >= 15 is 0 Å². The molecule has 1 aromatic carbocycles. The fourth-order valence-electron chi connectivity index (χ4n) is 2.78. The summed E-state index contributed by atoms with van der Waals surface area (Å²) in [7, 11) is 1.73. The average Bonchev–Trinajstić information content (AvgIpc) is 2.84. The summed E-state index contributed by atoms with van der Waals surface area (Å²) in [5.74, 6) is 0. The van der Waals surface area contributed by atoms with Crippen LogP contribution in [0.3, 0.4) is 0 Å². The summed E-state index contributed by atoms with van der Waals surface area (Å²) in [5.41, 5.74) is 5.71. The van der Waals surface area contributed by atoms with Crippen LogP contribution >= 0.6 is 0 Å². The van der Waals surface area contributed by atoms with Crippen LogP contribution in [0.1, 0.15) is 22.3 Å². The lowest BCUT2D eigenvalue weighted by Crippen LogP contribution is -2.32. The van der Waals surface area contributed by atoms with E-state index in [0.717, 1.165) is 36.4 Å². The number of rotatable bonds is 4. The molecular formula is C16H23N4O+. The summed E-state index contributed by atoms with van der Waals surface area (Å²) in [5, 5.41) is 6.26. The maximum absolute atomic E-state index is 11.5. The Morgan fingerprint density at radius 2 is 2.14 bits per heavy atom. The lowest BCUT2D eigenvalue weighted by Gasteiger charge is -2.18. The molecule has 1 aromatic rings. The second-order valence-corrected chi connectivity index (χ2v) is 5.37. The first-order valence-corrected chi connectivity index (χ1v) is 7.27. The molecule has 0 spiro atoms. The standard InChI is InChI=1S/C16H22N4O/c1-11-9-12(2)15(13(3)14(11)10-17-4)18-5-7-20-8-6-19-16(20)21/h9,18H,5-8H2,1-4H3/p+1. The highest BCUT2D eigenvalue weighted by Crippen LogP contribution is 2.26. The maximum atomic E-state index is 11.5. The fourth-order valence-corrected chi connectivity index (χ4v) is 2.78. The molecular weight excluding hydrogens is 264 g/mol. The van der Waals surface area contributed by atoms with Gasteiger partial charge < -0.3 is 15.5 Å². The first kappa shape index (κ1) is 15.2. The molecule has 2 rings (SSSR count). The molecule has 2 amide bonds. The van der Waals surface area contributed by atoms with E-state index in [1.54, 1.807) is 7.05 Å². The number of nitrogens with one attached hydrogen (secondary N) is 2. The van der Waals surface area contributed by atoms with Crippen molar-refractivity contribution in [2.45, 2.75) is 20.8 Å². The van der Waals surface area contributed by atoms with Crippen molar-refractivity contribution in [3.05, 3.63) is 33.2 Å². The van der Waals surface area contributed by atoms with Gasteiger partial charge in [-0.05, 0) is 37.5 Å². The number of carbonyl (C=O) groups is 1. The molecule has 0 atom stereocenters. The first-order chi connectivity index (χ1) is 10.0. The number of nitrogens with zero attached hydrogens (tertiary/aromatic N) is 2. The predicted molar refractivity (Wildman–Crippen MR) is 86.4 cm³/mol. The molecule has 5 nitrogen and oxygen atoms in total. The second kappa shape index (κ2) is 6.49. The molecule has 112 valence electrons. The highest BCUT2D eigenvalue weighted by Gasteiger charge is 2.19. The number of anilines is 1. The van der Waals surface area contributed by atoms with Crippen LogP contribution in [-0.2, 0) is 0 Å². The normalized spacial score (nSPS) is 13.7. The van der Waals surface area contributed by atoms with Gasteiger partial charge in [-0.15, -0.1) is 0 Å².